The molecule has 2 aliphatic rings. The number of nitrogens with zero attached hydrogens (tertiary/aromatic N) is 4. The Morgan fingerprint density at radius 1 is 0.455 bits per heavy atom. The fourth-order valence-corrected chi connectivity index (χ4v) is 7.50. The van der Waals surface area contributed by atoms with Gasteiger partial charge >= 0.3 is 0 Å². The number of H-pyrrole nitrogens is 2. The molecule has 3 aromatic heterocycles. The van der Waals surface area contributed by atoms with Gasteiger partial charge in [0.15, 0.2) is 11.6 Å². The average Bonchev–Trinajstić information content (AvgIpc) is 3.50. The zero-order chi connectivity index (χ0) is 32.9. The second kappa shape index (κ2) is 9.98. The van der Waals surface area contributed by atoms with Gasteiger partial charge in [0.05, 0.1) is 11.4 Å². The van der Waals surface area contributed by atoms with Crippen molar-refractivity contribution in [1.82, 2.24) is 29.9 Å². The summed E-state index contributed by atoms with van der Waals surface area (Å²) in [5.41, 5.74) is 14.7. The van der Waals surface area contributed by atoms with Crippen LogP contribution in [0.3, 0.4) is 0 Å². The first-order valence-electron chi connectivity index (χ1n) is 15.9. The lowest BCUT2D eigenvalue weighted by Gasteiger charge is -2.22. The maximum atomic E-state index is 5.28. The van der Waals surface area contributed by atoms with E-state index in [1.54, 1.807) is 0 Å². The van der Waals surface area contributed by atoms with Crippen molar-refractivity contribution in [1.29, 1.82) is 0 Å². The van der Waals surface area contributed by atoms with Crippen molar-refractivity contribution in [3.63, 3.8) is 0 Å². The van der Waals surface area contributed by atoms with Crippen LogP contribution in [0, 0.1) is 24.7 Å². The summed E-state index contributed by atoms with van der Waals surface area (Å²) >= 11 is 0. The van der Waals surface area contributed by atoms with Crippen LogP contribution in [0.1, 0.15) is 142 Å². The van der Waals surface area contributed by atoms with Gasteiger partial charge in [-0.3, -0.25) is 0 Å². The van der Waals surface area contributed by atoms with Crippen LogP contribution in [0.4, 0.5) is 0 Å². The summed E-state index contributed by atoms with van der Waals surface area (Å²) in [6, 6.07) is 4.42. The average molecular weight is 593 g/mol. The highest BCUT2D eigenvalue weighted by Crippen LogP contribution is 2.45. The van der Waals surface area contributed by atoms with Gasteiger partial charge < -0.3 is 9.97 Å². The van der Waals surface area contributed by atoms with Gasteiger partial charge in [0, 0.05) is 11.0 Å². The molecule has 0 fully saturated rings. The molecule has 0 aromatic carbocycles. The van der Waals surface area contributed by atoms with E-state index in [1.807, 2.05) is 0 Å². The first-order valence-corrected chi connectivity index (χ1v) is 15.9. The summed E-state index contributed by atoms with van der Waals surface area (Å²) in [5.74, 6) is 1.47. The SMILES string of the molecule is CC1=C(C(C)(C)C)c2cc3[nH]c(nc4[nH]c(cc5nc(nc1n2)C(C)=C5C(C)(C)C)c(C(C)(C)C)c4C)c(C)c3C(C)(C)C. The van der Waals surface area contributed by atoms with Crippen molar-refractivity contribution in [2.45, 2.75) is 122 Å². The van der Waals surface area contributed by atoms with Gasteiger partial charge in [0.25, 0.3) is 0 Å². The van der Waals surface area contributed by atoms with Gasteiger partial charge in [-0.05, 0) is 106 Å². The van der Waals surface area contributed by atoms with E-state index in [1.165, 1.54) is 22.3 Å². The molecule has 0 radical (unpaired) electrons. The van der Waals surface area contributed by atoms with Crippen molar-refractivity contribution in [2.24, 2.45) is 10.8 Å². The first-order chi connectivity index (χ1) is 20.0. The molecule has 0 unspecified atom stereocenters. The standard InChI is InChI=1S/C38H52N6/c1-19-27(35(5,6)7)23-17-24-29(37(11,12)13)21(3)33(41-24)44-34-22(4)30(38(14,15)16)26(42-34)18-25-28(36(8,9)10)20(2)32(40-25)43-31(19)39-23/h17-18H,1-16H3,(H2,39,40,43). The Hall–Kier alpha value is -3.54. The fraction of sp³-hybridized carbons (Fsp3) is 0.526. The molecule has 6 nitrogen and oxygen atoms in total. The second-order valence-corrected chi connectivity index (χ2v) is 16.9. The van der Waals surface area contributed by atoms with Crippen LogP contribution in [0.2, 0.25) is 0 Å². The van der Waals surface area contributed by atoms with Crippen molar-refractivity contribution in [2.75, 3.05) is 0 Å². The normalized spacial score (nSPS) is 15.1. The Balaban J connectivity index is 2.08. The fourth-order valence-electron chi connectivity index (χ4n) is 7.50. The van der Waals surface area contributed by atoms with Gasteiger partial charge in [-0.15, -0.1) is 0 Å². The third-order valence-electron chi connectivity index (χ3n) is 8.89. The van der Waals surface area contributed by atoms with Gasteiger partial charge in [0.1, 0.15) is 11.3 Å². The van der Waals surface area contributed by atoms with Crippen LogP contribution in [-0.4, -0.2) is 29.9 Å². The number of aromatic nitrogens is 6. The number of rotatable bonds is 0. The van der Waals surface area contributed by atoms with Crippen molar-refractivity contribution >= 4 is 44.6 Å². The summed E-state index contributed by atoms with van der Waals surface area (Å²) < 4.78 is 0. The maximum absolute atomic E-state index is 5.28. The Labute approximate surface area is 264 Å². The molecule has 2 N–H and O–H groups in total. The molecule has 0 saturated heterocycles. The highest BCUT2D eigenvalue weighted by molar-refractivity contribution is 5.95. The minimum absolute atomic E-state index is 0.101. The number of aryl methyl sites for hydroxylation is 2. The quantitative estimate of drug-likeness (QED) is 0.272. The molecule has 0 saturated carbocycles. The zero-order valence-corrected chi connectivity index (χ0v) is 29.9. The van der Waals surface area contributed by atoms with Crippen LogP contribution in [0.25, 0.3) is 44.6 Å². The van der Waals surface area contributed by atoms with Crippen LogP contribution < -0.4 is 0 Å². The van der Waals surface area contributed by atoms with E-state index >= 15 is 0 Å². The third-order valence-corrected chi connectivity index (χ3v) is 8.89. The molecule has 0 aliphatic carbocycles. The number of allylic oxidation sites excluding steroid dienone is 4. The predicted octanol–water partition coefficient (Wildman–Crippen LogP) is 10.3. The van der Waals surface area contributed by atoms with Crippen LogP contribution in [0.5, 0.6) is 0 Å². The summed E-state index contributed by atoms with van der Waals surface area (Å²) in [7, 11) is 0. The predicted molar refractivity (Wildman–Crippen MR) is 187 cm³/mol. The summed E-state index contributed by atoms with van der Waals surface area (Å²) in [4.78, 5) is 28.3. The number of hydrogen-bond donors (Lipinski definition) is 2. The Bertz CT molecular complexity index is 1780. The minimum Gasteiger partial charge on any atom is -0.340 e. The number of hydrogen-bond acceptors (Lipinski definition) is 4. The third kappa shape index (κ3) is 5.35. The summed E-state index contributed by atoms with van der Waals surface area (Å²) in [6.07, 6.45) is 0. The molecular weight excluding hydrogens is 540 g/mol. The topological polar surface area (TPSA) is 83.1 Å². The van der Waals surface area contributed by atoms with Gasteiger partial charge in [-0.25, -0.2) is 19.9 Å². The van der Waals surface area contributed by atoms with Crippen molar-refractivity contribution in [3.05, 3.63) is 57.4 Å². The Morgan fingerprint density at radius 3 is 1.09 bits per heavy atom. The van der Waals surface area contributed by atoms with E-state index in [2.05, 4.69) is 133 Å². The zero-order valence-electron chi connectivity index (χ0n) is 29.9. The van der Waals surface area contributed by atoms with Crippen molar-refractivity contribution in [3.8, 4) is 0 Å². The van der Waals surface area contributed by atoms with Gasteiger partial charge in [-0.2, -0.15) is 0 Å². The number of fused-ring (bicyclic) bond motifs is 8. The molecule has 6 heteroatoms. The van der Waals surface area contributed by atoms with E-state index in [9.17, 15) is 0 Å². The van der Waals surface area contributed by atoms with Crippen LogP contribution in [0.15, 0.2) is 12.1 Å². The molecule has 5 heterocycles. The largest absolute Gasteiger partial charge is 0.340 e. The van der Waals surface area contributed by atoms with E-state index in [0.29, 0.717) is 0 Å². The van der Waals surface area contributed by atoms with Crippen LogP contribution in [-0.2, 0) is 10.8 Å². The molecule has 0 spiro atoms. The smallest absolute Gasteiger partial charge is 0.158 e. The number of nitrogens with one attached hydrogen (secondary N) is 2. The summed E-state index contributed by atoms with van der Waals surface area (Å²) in [6.45, 7) is 35.8. The summed E-state index contributed by atoms with van der Waals surface area (Å²) in [5, 5.41) is 0. The molecule has 44 heavy (non-hydrogen) atoms. The molecule has 0 amide bonds. The number of aromatic amines is 2. The lowest BCUT2D eigenvalue weighted by molar-refractivity contribution is 0.567. The lowest BCUT2D eigenvalue weighted by atomic mass is 9.81. The van der Waals surface area contributed by atoms with Gasteiger partial charge in [0.2, 0.25) is 0 Å². The van der Waals surface area contributed by atoms with Crippen molar-refractivity contribution < 1.29 is 0 Å². The minimum atomic E-state index is -0.124. The van der Waals surface area contributed by atoms with E-state index in [0.717, 1.165) is 67.6 Å². The van der Waals surface area contributed by atoms with E-state index in [4.69, 9.17) is 19.9 Å². The maximum Gasteiger partial charge on any atom is 0.158 e. The van der Waals surface area contributed by atoms with E-state index < -0.39 is 0 Å². The van der Waals surface area contributed by atoms with Gasteiger partial charge in [-0.1, -0.05) is 83.1 Å². The highest BCUT2D eigenvalue weighted by Gasteiger charge is 2.32. The van der Waals surface area contributed by atoms with E-state index in [-0.39, 0.29) is 21.7 Å². The second-order valence-electron chi connectivity index (χ2n) is 16.9. The Morgan fingerprint density at radius 2 is 0.795 bits per heavy atom. The molecule has 0 atom stereocenters. The molecule has 8 bridgehead atoms. The molecule has 3 aromatic rings. The molecule has 5 rings (SSSR count). The Kier molecular flexibility index (Phi) is 7.23. The molecule has 2 aliphatic heterocycles. The van der Waals surface area contributed by atoms with Crippen LogP contribution >= 0.6 is 0 Å². The first kappa shape index (κ1) is 31.9. The molecule has 234 valence electrons. The highest BCUT2D eigenvalue weighted by atomic mass is 15.0. The lowest BCUT2D eigenvalue weighted by Crippen LogP contribution is -2.12. The molecular formula is C38H52N6. The monoisotopic (exact) mass is 592 g/mol.